The Bertz CT molecular complexity index is 631. The van der Waals surface area contributed by atoms with Gasteiger partial charge >= 0.3 is 0 Å². The van der Waals surface area contributed by atoms with Gasteiger partial charge in [-0.25, -0.2) is 4.39 Å². The second-order valence-corrected chi connectivity index (χ2v) is 4.54. The van der Waals surface area contributed by atoms with Gasteiger partial charge in [0.1, 0.15) is 0 Å². The van der Waals surface area contributed by atoms with Crippen molar-refractivity contribution in [3.8, 4) is 5.75 Å². The summed E-state index contributed by atoms with van der Waals surface area (Å²) >= 11 is 0. The molecular formula is C16H17FN2O2. The number of halogens is 1. The number of benzene rings is 2. The van der Waals surface area contributed by atoms with Crippen molar-refractivity contribution in [2.45, 2.75) is 19.6 Å². The number of hydrogen-bond acceptors (Lipinski definition) is 3. The van der Waals surface area contributed by atoms with Crippen molar-refractivity contribution in [1.82, 2.24) is 0 Å². The van der Waals surface area contributed by atoms with Gasteiger partial charge in [-0.1, -0.05) is 30.3 Å². The van der Waals surface area contributed by atoms with Crippen LogP contribution in [0.5, 0.6) is 5.75 Å². The number of hydrogen-bond donors (Lipinski definition) is 2. The van der Waals surface area contributed by atoms with Crippen LogP contribution in [0.3, 0.4) is 0 Å². The fourth-order valence-electron chi connectivity index (χ4n) is 1.84. The number of anilines is 1. The fraction of sp³-hybridized carbons (Fsp3) is 0.188. The number of ether oxygens (including phenoxy) is 1. The van der Waals surface area contributed by atoms with Crippen molar-refractivity contribution in [3.63, 3.8) is 0 Å². The summed E-state index contributed by atoms with van der Waals surface area (Å²) in [6.45, 7) is 1.88. The monoisotopic (exact) mass is 288 g/mol. The maximum atomic E-state index is 13.5. The van der Waals surface area contributed by atoms with Crippen molar-refractivity contribution < 1.29 is 13.9 Å². The van der Waals surface area contributed by atoms with Gasteiger partial charge in [-0.2, -0.15) is 0 Å². The molecule has 5 heteroatoms. The van der Waals surface area contributed by atoms with E-state index in [0.29, 0.717) is 12.2 Å². The highest BCUT2D eigenvalue weighted by Crippen LogP contribution is 2.18. The Hall–Kier alpha value is -2.40. The van der Waals surface area contributed by atoms with Crippen LogP contribution in [0.15, 0.2) is 48.5 Å². The molecule has 0 saturated carbocycles. The number of carbonyl (C=O) groups is 1. The van der Waals surface area contributed by atoms with Crippen LogP contribution in [0.2, 0.25) is 0 Å². The number of para-hydroxylation sites is 2. The van der Waals surface area contributed by atoms with E-state index in [0.717, 1.165) is 5.56 Å². The zero-order chi connectivity index (χ0) is 15.2. The summed E-state index contributed by atoms with van der Waals surface area (Å²) in [6, 6.07) is 13.2. The average Bonchev–Trinajstić information content (AvgIpc) is 2.50. The smallest absolute Gasteiger partial charge is 0.265 e. The van der Waals surface area contributed by atoms with Crippen molar-refractivity contribution >= 4 is 11.6 Å². The maximum Gasteiger partial charge on any atom is 0.265 e. The summed E-state index contributed by atoms with van der Waals surface area (Å²) in [5.41, 5.74) is 7.07. The summed E-state index contributed by atoms with van der Waals surface area (Å²) in [7, 11) is 0. The van der Waals surface area contributed by atoms with Crippen LogP contribution >= 0.6 is 0 Å². The molecule has 1 amide bonds. The lowest BCUT2D eigenvalue weighted by Gasteiger charge is -2.16. The van der Waals surface area contributed by atoms with E-state index < -0.39 is 11.9 Å². The second kappa shape index (κ2) is 6.85. The van der Waals surface area contributed by atoms with Gasteiger partial charge in [-0.05, 0) is 30.7 Å². The van der Waals surface area contributed by atoms with Crippen LogP contribution in [0.1, 0.15) is 12.5 Å². The quantitative estimate of drug-likeness (QED) is 0.889. The summed E-state index contributed by atoms with van der Waals surface area (Å²) in [4.78, 5) is 12.1. The van der Waals surface area contributed by atoms with Crippen molar-refractivity contribution in [1.29, 1.82) is 0 Å². The molecule has 0 saturated heterocycles. The van der Waals surface area contributed by atoms with Crippen LogP contribution in [-0.4, -0.2) is 12.0 Å². The zero-order valence-electron chi connectivity index (χ0n) is 11.7. The molecule has 0 spiro atoms. The third-order valence-corrected chi connectivity index (χ3v) is 3.00. The lowest BCUT2D eigenvalue weighted by Crippen LogP contribution is -2.30. The lowest BCUT2D eigenvalue weighted by molar-refractivity contribution is -0.122. The topological polar surface area (TPSA) is 64.3 Å². The molecule has 2 aromatic carbocycles. The number of nitrogens with two attached hydrogens (primary N) is 1. The Morgan fingerprint density at radius 1 is 1.24 bits per heavy atom. The molecule has 0 fully saturated rings. The standard InChI is InChI=1S/C16H17FN2O2/c1-11(21-15-9-5-3-7-13(15)17)16(20)19-14-8-4-2-6-12(14)10-18/h2-9,11H,10,18H2,1H3,(H,19,20). The molecule has 110 valence electrons. The Kier molecular flexibility index (Phi) is 4.90. The SMILES string of the molecule is CC(Oc1ccccc1F)C(=O)Nc1ccccc1CN. The third-order valence-electron chi connectivity index (χ3n) is 3.00. The molecule has 0 aliphatic carbocycles. The molecule has 0 aliphatic heterocycles. The van der Waals surface area contributed by atoms with E-state index in [1.807, 2.05) is 12.1 Å². The van der Waals surface area contributed by atoms with Gasteiger partial charge < -0.3 is 15.8 Å². The van der Waals surface area contributed by atoms with Crippen molar-refractivity contribution in [2.24, 2.45) is 5.73 Å². The van der Waals surface area contributed by atoms with Gasteiger partial charge in [0.15, 0.2) is 17.7 Å². The molecule has 4 nitrogen and oxygen atoms in total. The van der Waals surface area contributed by atoms with E-state index in [-0.39, 0.29) is 11.7 Å². The summed E-state index contributed by atoms with van der Waals surface area (Å²) in [6.07, 6.45) is -0.826. The van der Waals surface area contributed by atoms with Gasteiger partial charge in [0, 0.05) is 12.2 Å². The van der Waals surface area contributed by atoms with E-state index in [9.17, 15) is 9.18 Å². The number of amides is 1. The molecule has 0 heterocycles. The van der Waals surface area contributed by atoms with Gasteiger partial charge in [-0.3, -0.25) is 4.79 Å². The molecular weight excluding hydrogens is 271 g/mol. The number of nitrogens with one attached hydrogen (secondary N) is 1. The van der Waals surface area contributed by atoms with Gasteiger partial charge in [0.2, 0.25) is 0 Å². The molecule has 0 aliphatic rings. The van der Waals surface area contributed by atoms with Crippen LogP contribution in [0.25, 0.3) is 0 Å². The predicted octanol–water partition coefficient (Wildman–Crippen LogP) is 2.69. The Morgan fingerprint density at radius 3 is 2.62 bits per heavy atom. The summed E-state index contributed by atoms with van der Waals surface area (Å²) < 4.78 is 18.8. The lowest BCUT2D eigenvalue weighted by atomic mass is 10.1. The minimum atomic E-state index is -0.826. The number of carbonyl (C=O) groups excluding carboxylic acids is 1. The predicted molar refractivity (Wildman–Crippen MR) is 79.5 cm³/mol. The highest BCUT2D eigenvalue weighted by Gasteiger charge is 2.17. The van der Waals surface area contributed by atoms with E-state index in [4.69, 9.17) is 10.5 Å². The van der Waals surface area contributed by atoms with Gasteiger partial charge in [0.25, 0.3) is 5.91 Å². The zero-order valence-corrected chi connectivity index (χ0v) is 11.7. The van der Waals surface area contributed by atoms with Crippen LogP contribution < -0.4 is 15.8 Å². The molecule has 21 heavy (non-hydrogen) atoms. The average molecular weight is 288 g/mol. The molecule has 2 rings (SSSR count). The Labute approximate surface area is 122 Å². The molecule has 0 radical (unpaired) electrons. The minimum Gasteiger partial charge on any atom is -0.478 e. The van der Waals surface area contributed by atoms with Crippen LogP contribution in [0.4, 0.5) is 10.1 Å². The van der Waals surface area contributed by atoms with Crippen LogP contribution in [-0.2, 0) is 11.3 Å². The largest absolute Gasteiger partial charge is 0.478 e. The summed E-state index contributed by atoms with van der Waals surface area (Å²) in [5, 5.41) is 2.73. The molecule has 1 unspecified atom stereocenters. The third kappa shape index (κ3) is 3.79. The molecule has 0 bridgehead atoms. The van der Waals surface area contributed by atoms with Crippen molar-refractivity contribution in [2.75, 3.05) is 5.32 Å². The fourth-order valence-corrected chi connectivity index (χ4v) is 1.84. The normalized spacial score (nSPS) is 11.8. The second-order valence-electron chi connectivity index (χ2n) is 4.54. The molecule has 0 aromatic heterocycles. The molecule has 2 aromatic rings. The van der Waals surface area contributed by atoms with Gasteiger partial charge in [0.05, 0.1) is 0 Å². The Balaban J connectivity index is 2.05. The highest BCUT2D eigenvalue weighted by atomic mass is 19.1. The molecule has 1 atom stereocenters. The van der Waals surface area contributed by atoms with Crippen molar-refractivity contribution in [3.05, 3.63) is 59.9 Å². The van der Waals surface area contributed by atoms with Crippen LogP contribution in [0, 0.1) is 5.82 Å². The molecule has 3 N–H and O–H groups in total. The van der Waals surface area contributed by atoms with E-state index in [2.05, 4.69) is 5.32 Å². The van der Waals surface area contributed by atoms with E-state index in [1.54, 1.807) is 31.2 Å². The van der Waals surface area contributed by atoms with E-state index >= 15 is 0 Å². The first kappa shape index (κ1) is 15.0. The maximum absolute atomic E-state index is 13.5. The highest BCUT2D eigenvalue weighted by molar-refractivity contribution is 5.94. The Morgan fingerprint density at radius 2 is 1.90 bits per heavy atom. The first-order valence-electron chi connectivity index (χ1n) is 6.62. The first-order valence-corrected chi connectivity index (χ1v) is 6.62. The van der Waals surface area contributed by atoms with Gasteiger partial charge in [-0.15, -0.1) is 0 Å². The first-order chi connectivity index (χ1) is 10.1. The summed E-state index contributed by atoms with van der Waals surface area (Å²) in [5.74, 6) is -0.814. The minimum absolute atomic E-state index is 0.0484. The number of rotatable bonds is 5. The van der Waals surface area contributed by atoms with E-state index in [1.165, 1.54) is 12.1 Å².